The Morgan fingerprint density at radius 2 is 1.73 bits per heavy atom. The number of piperidine rings is 1. The topological polar surface area (TPSA) is 66.0 Å². The van der Waals surface area contributed by atoms with Crippen molar-refractivity contribution in [3.05, 3.63) is 59.9 Å². The Bertz CT molecular complexity index is 1050. The molecule has 0 aliphatic carbocycles. The molecule has 2 saturated heterocycles. The van der Waals surface area contributed by atoms with Crippen LogP contribution in [0.25, 0.3) is 0 Å². The monoisotopic (exact) mass is 504 g/mol. The third-order valence-electron chi connectivity index (χ3n) is 8.43. The van der Waals surface area contributed by atoms with Gasteiger partial charge in [-0.2, -0.15) is 0 Å². The van der Waals surface area contributed by atoms with Crippen LogP contribution in [-0.2, 0) is 22.6 Å². The molecule has 0 atom stereocenters. The molecule has 2 amide bonds. The first-order valence-electron chi connectivity index (χ1n) is 14.0. The van der Waals surface area contributed by atoms with E-state index in [0.29, 0.717) is 13.0 Å². The number of aryl methyl sites for hydroxylation is 1. The average molecular weight is 505 g/mol. The molecule has 7 heteroatoms. The molecule has 3 aliphatic heterocycles. The molecule has 2 aromatic rings. The number of fused-ring (bicyclic) bond motifs is 1. The van der Waals surface area contributed by atoms with Gasteiger partial charge in [0.25, 0.3) is 0 Å². The third kappa shape index (κ3) is 6.69. The van der Waals surface area contributed by atoms with E-state index in [1.54, 1.807) is 4.90 Å². The molecule has 0 unspecified atom stereocenters. The van der Waals surface area contributed by atoms with Crippen LogP contribution in [0.3, 0.4) is 0 Å². The normalized spacial score (nSPS) is 21.1. The highest BCUT2D eigenvalue weighted by molar-refractivity contribution is 5.85. The van der Waals surface area contributed by atoms with Crippen LogP contribution in [0.15, 0.2) is 48.8 Å². The van der Waals surface area contributed by atoms with Crippen molar-refractivity contribution in [3.8, 4) is 5.75 Å². The smallest absolute Gasteiger partial charge is 0.242 e. The van der Waals surface area contributed by atoms with Crippen LogP contribution < -0.4 is 4.74 Å². The minimum absolute atomic E-state index is 0.108. The van der Waals surface area contributed by atoms with Gasteiger partial charge < -0.3 is 14.5 Å². The molecule has 198 valence electrons. The van der Waals surface area contributed by atoms with Crippen molar-refractivity contribution >= 4 is 11.8 Å². The zero-order chi connectivity index (χ0) is 25.5. The standard InChI is InChI=1S/C30H40N4O3/c35-28-9-5-17-34(28)23-29(36)33-18-13-30(14-19-33)12-4-3-7-26-6-1-2-8-27(26)37-21-20-32(24-30)22-25-10-15-31-16-11-25/h1-2,6,8,10-11,15-16H,3-5,7,9,12-14,17-24H2. The molecule has 1 aromatic heterocycles. The van der Waals surface area contributed by atoms with Crippen molar-refractivity contribution in [2.24, 2.45) is 5.41 Å². The zero-order valence-electron chi connectivity index (χ0n) is 21.9. The van der Waals surface area contributed by atoms with Crippen LogP contribution in [0.5, 0.6) is 5.75 Å². The van der Waals surface area contributed by atoms with E-state index >= 15 is 0 Å². The molecule has 5 rings (SSSR count). The second-order valence-electron chi connectivity index (χ2n) is 11.0. The van der Waals surface area contributed by atoms with Gasteiger partial charge in [0.05, 0.1) is 6.54 Å². The van der Waals surface area contributed by atoms with Crippen LogP contribution in [-0.4, -0.2) is 77.4 Å². The summed E-state index contributed by atoms with van der Waals surface area (Å²) in [6.07, 6.45) is 11.7. The maximum atomic E-state index is 13.0. The molecule has 1 aromatic carbocycles. The van der Waals surface area contributed by atoms with Crippen LogP contribution in [0, 0.1) is 5.41 Å². The van der Waals surface area contributed by atoms with E-state index in [1.807, 2.05) is 17.3 Å². The number of pyridine rings is 1. The van der Waals surface area contributed by atoms with Crippen molar-refractivity contribution in [1.82, 2.24) is 19.7 Å². The van der Waals surface area contributed by atoms with Crippen molar-refractivity contribution in [2.45, 2.75) is 57.9 Å². The summed E-state index contributed by atoms with van der Waals surface area (Å²) in [7, 11) is 0. The number of para-hydroxylation sites is 1. The molecule has 2 fully saturated rings. The molecule has 3 aliphatic rings. The number of amides is 2. The number of benzene rings is 1. The molecule has 4 heterocycles. The lowest BCUT2D eigenvalue weighted by molar-refractivity contribution is -0.140. The fourth-order valence-corrected chi connectivity index (χ4v) is 6.24. The van der Waals surface area contributed by atoms with Gasteiger partial charge in [-0.1, -0.05) is 24.6 Å². The van der Waals surface area contributed by atoms with Crippen LogP contribution in [0.2, 0.25) is 0 Å². The third-order valence-corrected chi connectivity index (χ3v) is 8.43. The van der Waals surface area contributed by atoms with E-state index < -0.39 is 0 Å². The summed E-state index contributed by atoms with van der Waals surface area (Å²) in [4.78, 5) is 35.5. The summed E-state index contributed by atoms with van der Waals surface area (Å²) in [5, 5.41) is 0. The summed E-state index contributed by atoms with van der Waals surface area (Å²) in [6.45, 7) is 5.92. The van der Waals surface area contributed by atoms with Gasteiger partial charge in [0.1, 0.15) is 12.4 Å². The van der Waals surface area contributed by atoms with Crippen LogP contribution in [0.1, 0.15) is 56.1 Å². The van der Waals surface area contributed by atoms with Gasteiger partial charge in [0.2, 0.25) is 11.8 Å². The molecule has 0 saturated carbocycles. The fraction of sp³-hybridized carbons (Fsp3) is 0.567. The van der Waals surface area contributed by atoms with E-state index in [9.17, 15) is 9.59 Å². The lowest BCUT2D eigenvalue weighted by Gasteiger charge is -2.45. The van der Waals surface area contributed by atoms with E-state index in [2.05, 4.69) is 46.3 Å². The lowest BCUT2D eigenvalue weighted by atomic mass is 9.73. The number of carbonyl (C=O) groups is 2. The van der Waals surface area contributed by atoms with E-state index in [0.717, 1.165) is 77.1 Å². The number of hydrogen-bond donors (Lipinski definition) is 0. The van der Waals surface area contributed by atoms with Gasteiger partial charge in [-0.15, -0.1) is 0 Å². The summed E-state index contributed by atoms with van der Waals surface area (Å²) < 4.78 is 6.29. The number of aromatic nitrogens is 1. The minimum atomic E-state index is 0.108. The molecule has 0 bridgehead atoms. The molecular weight excluding hydrogens is 464 g/mol. The Hall–Kier alpha value is -2.93. The minimum Gasteiger partial charge on any atom is -0.492 e. The number of ether oxygens (including phenoxy) is 1. The van der Waals surface area contributed by atoms with Crippen molar-refractivity contribution < 1.29 is 14.3 Å². The summed E-state index contributed by atoms with van der Waals surface area (Å²) >= 11 is 0. The van der Waals surface area contributed by atoms with Gasteiger partial charge in [-0.3, -0.25) is 19.5 Å². The van der Waals surface area contributed by atoms with Crippen molar-refractivity contribution in [2.75, 3.05) is 45.9 Å². The first-order chi connectivity index (χ1) is 18.1. The van der Waals surface area contributed by atoms with Crippen molar-refractivity contribution in [1.29, 1.82) is 0 Å². The molecule has 37 heavy (non-hydrogen) atoms. The molecular formula is C30H40N4O3. The number of rotatable bonds is 4. The van der Waals surface area contributed by atoms with Gasteiger partial charge in [0.15, 0.2) is 0 Å². The van der Waals surface area contributed by atoms with E-state index in [-0.39, 0.29) is 23.8 Å². The number of carbonyl (C=O) groups excluding carboxylic acids is 2. The summed E-state index contributed by atoms with van der Waals surface area (Å²) in [5.41, 5.74) is 2.75. The summed E-state index contributed by atoms with van der Waals surface area (Å²) in [5.74, 6) is 1.25. The highest BCUT2D eigenvalue weighted by atomic mass is 16.5. The molecule has 0 N–H and O–H groups in total. The number of likely N-dealkylation sites (tertiary alicyclic amines) is 2. The van der Waals surface area contributed by atoms with Crippen LogP contribution >= 0.6 is 0 Å². The molecule has 0 radical (unpaired) electrons. The summed E-state index contributed by atoms with van der Waals surface area (Å²) in [6, 6.07) is 12.6. The fourth-order valence-electron chi connectivity index (χ4n) is 6.24. The first-order valence-corrected chi connectivity index (χ1v) is 14.0. The maximum Gasteiger partial charge on any atom is 0.242 e. The maximum absolute atomic E-state index is 13.0. The lowest BCUT2D eigenvalue weighted by Crippen LogP contribution is -2.50. The van der Waals surface area contributed by atoms with Gasteiger partial charge >= 0.3 is 0 Å². The van der Waals surface area contributed by atoms with Crippen molar-refractivity contribution in [3.63, 3.8) is 0 Å². The number of nitrogens with zero attached hydrogens (tertiary/aromatic N) is 4. The molecule has 7 nitrogen and oxygen atoms in total. The zero-order valence-corrected chi connectivity index (χ0v) is 21.9. The highest BCUT2D eigenvalue weighted by Gasteiger charge is 2.37. The number of hydrogen-bond acceptors (Lipinski definition) is 5. The highest BCUT2D eigenvalue weighted by Crippen LogP contribution is 2.39. The van der Waals surface area contributed by atoms with Gasteiger partial charge in [-0.25, -0.2) is 0 Å². The Labute approximate surface area is 220 Å². The van der Waals surface area contributed by atoms with E-state index in [4.69, 9.17) is 4.74 Å². The van der Waals surface area contributed by atoms with E-state index in [1.165, 1.54) is 24.0 Å². The van der Waals surface area contributed by atoms with Crippen LogP contribution in [0.4, 0.5) is 0 Å². The SMILES string of the molecule is O=C(CN1CCCC1=O)N1CCC2(CCCCc3ccccc3OCCN(Cc3ccncc3)C2)CC1. The van der Waals surface area contributed by atoms with Gasteiger partial charge in [-0.05, 0) is 73.3 Å². The second-order valence-corrected chi connectivity index (χ2v) is 11.0. The van der Waals surface area contributed by atoms with Gasteiger partial charge in [0, 0.05) is 58.1 Å². The Balaban J connectivity index is 1.28. The first kappa shape index (κ1) is 25.7. The Kier molecular flexibility index (Phi) is 8.39. The quantitative estimate of drug-likeness (QED) is 0.632. The Morgan fingerprint density at radius 1 is 0.919 bits per heavy atom. The molecule has 1 spiro atoms. The largest absolute Gasteiger partial charge is 0.492 e. The average Bonchev–Trinajstić information content (AvgIpc) is 3.31. The Morgan fingerprint density at radius 3 is 2.51 bits per heavy atom. The predicted molar refractivity (Wildman–Crippen MR) is 143 cm³/mol. The second kappa shape index (κ2) is 12.1. The predicted octanol–water partition coefficient (Wildman–Crippen LogP) is 3.92.